The third-order valence-electron chi connectivity index (χ3n) is 5.32. The lowest BCUT2D eigenvalue weighted by atomic mass is 10.0. The molecule has 3 nitrogen and oxygen atoms in total. The third kappa shape index (κ3) is 13.7. The molecule has 0 heterocycles. The van der Waals surface area contributed by atoms with Crippen LogP contribution in [0.2, 0.25) is 13.1 Å². The predicted molar refractivity (Wildman–Crippen MR) is 126 cm³/mol. The molecule has 1 rings (SSSR count). The van der Waals surface area contributed by atoms with E-state index in [4.69, 9.17) is 8.85 Å². The summed E-state index contributed by atoms with van der Waals surface area (Å²) in [6.07, 6.45) is 17.7. The molecule has 0 saturated heterocycles. The fourth-order valence-electron chi connectivity index (χ4n) is 3.51. The van der Waals surface area contributed by atoms with Crippen molar-refractivity contribution in [2.75, 3.05) is 6.61 Å². The van der Waals surface area contributed by atoms with Crippen LogP contribution in [0.1, 0.15) is 108 Å². The molecule has 0 aliphatic heterocycles. The summed E-state index contributed by atoms with van der Waals surface area (Å²) in [5, 5.41) is 0. The minimum atomic E-state index is -2.18. The molecule has 1 aromatic rings. The number of hydrogen-bond acceptors (Lipinski definition) is 3. The lowest BCUT2D eigenvalue weighted by molar-refractivity contribution is 0.101. The van der Waals surface area contributed by atoms with Gasteiger partial charge in [0.1, 0.15) is 5.75 Å². The average Bonchev–Trinajstić information content (AvgIpc) is 2.68. The van der Waals surface area contributed by atoms with Gasteiger partial charge in [-0.2, -0.15) is 0 Å². The van der Waals surface area contributed by atoms with Gasteiger partial charge in [0, 0.05) is 12.2 Å². The molecule has 4 heteroatoms. The standard InChI is InChI=1S/C25H44O3Si/c1-5-6-7-8-9-10-11-12-13-14-15-16-17-22-27-29(3,4)28-25-20-18-24(19-21-25)23(2)26/h18-21H,5-17,22H2,1-4H3. The highest BCUT2D eigenvalue weighted by Crippen LogP contribution is 2.19. The molecule has 166 valence electrons. The van der Waals surface area contributed by atoms with E-state index in [0.29, 0.717) is 5.56 Å². The molecule has 29 heavy (non-hydrogen) atoms. The highest BCUT2D eigenvalue weighted by atomic mass is 28.4. The Labute approximate surface area is 180 Å². The molecule has 0 aliphatic carbocycles. The lowest BCUT2D eigenvalue weighted by Crippen LogP contribution is -2.38. The molecule has 0 amide bonds. The first-order valence-corrected chi connectivity index (χ1v) is 14.7. The Kier molecular flexibility index (Phi) is 14.0. The first kappa shape index (κ1) is 25.9. The molecule has 0 atom stereocenters. The summed E-state index contributed by atoms with van der Waals surface area (Å²) in [6.45, 7) is 8.79. The van der Waals surface area contributed by atoms with Crippen LogP contribution in [-0.4, -0.2) is 21.0 Å². The van der Waals surface area contributed by atoms with Gasteiger partial charge < -0.3 is 8.85 Å². The number of hydrogen-bond donors (Lipinski definition) is 0. The van der Waals surface area contributed by atoms with E-state index in [1.807, 2.05) is 24.3 Å². The van der Waals surface area contributed by atoms with Crippen molar-refractivity contribution < 1.29 is 13.6 Å². The molecule has 0 N–H and O–H groups in total. The predicted octanol–water partition coefficient (Wildman–Crippen LogP) is 8.08. The number of Topliss-reactive ketones (excluding diaryl/α,β-unsaturated/α-hetero) is 1. The molecule has 0 unspecified atom stereocenters. The van der Waals surface area contributed by atoms with Gasteiger partial charge in [0.2, 0.25) is 0 Å². The number of benzene rings is 1. The number of ketones is 1. The van der Waals surface area contributed by atoms with Crippen LogP contribution in [0.25, 0.3) is 0 Å². The number of unbranched alkanes of at least 4 members (excludes halogenated alkanes) is 12. The molecular formula is C25H44O3Si. The highest BCUT2D eigenvalue weighted by Gasteiger charge is 2.26. The zero-order valence-electron chi connectivity index (χ0n) is 19.4. The Morgan fingerprint density at radius 3 is 1.66 bits per heavy atom. The molecule has 0 saturated carbocycles. The van der Waals surface area contributed by atoms with Crippen LogP contribution < -0.4 is 4.43 Å². The van der Waals surface area contributed by atoms with Crippen molar-refractivity contribution in [3.63, 3.8) is 0 Å². The van der Waals surface area contributed by atoms with Crippen molar-refractivity contribution in [1.82, 2.24) is 0 Å². The molecule has 0 bridgehead atoms. The number of carbonyl (C=O) groups excluding carboxylic acids is 1. The molecule has 1 aromatic carbocycles. The summed E-state index contributed by atoms with van der Waals surface area (Å²) in [6, 6.07) is 7.35. The average molecular weight is 421 g/mol. The van der Waals surface area contributed by atoms with Gasteiger partial charge in [-0.15, -0.1) is 0 Å². The normalized spacial score (nSPS) is 11.6. The van der Waals surface area contributed by atoms with E-state index < -0.39 is 8.56 Å². The van der Waals surface area contributed by atoms with E-state index in [1.54, 1.807) is 6.92 Å². The molecule has 0 aliphatic rings. The van der Waals surface area contributed by atoms with E-state index in [1.165, 1.54) is 77.0 Å². The van der Waals surface area contributed by atoms with E-state index in [-0.39, 0.29) is 5.78 Å². The van der Waals surface area contributed by atoms with Gasteiger partial charge in [0.25, 0.3) is 0 Å². The van der Waals surface area contributed by atoms with Crippen molar-refractivity contribution in [2.24, 2.45) is 0 Å². The van der Waals surface area contributed by atoms with E-state index in [2.05, 4.69) is 20.0 Å². The molecule has 0 aromatic heterocycles. The maximum Gasteiger partial charge on any atom is 0.392 e. The fourth-order valence-corrected chi connectivity index (χ4v) is 4.91. The van der Waals surface area contributed by atoms with Gasteiger partial charge in [-0.1, -0.05) is 84.0 Å². The topological polar surface area (TPSA) is 35.5 Å². The largest absolute Gasteiger partial charge is 0.520 e. The third-order valence-corrected chi connectivity index (χ3v) is 6.95. The second kappa shape index (κ2) is 15.7. The van der Waals surface area contributed by atoms with Gasteiger partial charge in [-0.05, 0) is 50.7 Å². The zero-order chi connectivity index (χ0) is 21.4. The smallest absolute Gasteiger partial charge is 0.392 e. The molecular weight excluding hydrogens is 376 g/mol. The fraction of sp³-hybridized carbons (Fsp3) is 0.720. The summed E-state index contributed by atoms with van der Waals surface area (Å²) in [5.74, 6) is 0.865. The van der Waals surface area contributed by atoms with Crippen molar-refractivity contribution in [3.8, 4) is 5.75 Å². The Morgan fingerprint density at radius 1 is 0.759 bits per heavy atom. The minimum Gasteiger partial charge on any atom is -0.520 e. The van der Waals surface area contributed by atoms with E-state index >= 15 is 0 Å². The molecule has 0 radical (unpaired) electrons. The maximum atomic E-state index is 11.3. The van der Waals surface area contributed by atoms with Gasteiger partial charge in [0.05, 0.1) is 0 Å². The maximum absolute atomic E-state index is 11.3. The van der Waals surface area contributed by atoms with Crippen LogP contribution in [0.3, 0.4) is 0 Å². The Hall–Kier alpha value is -1.13. The zero-order valence-corrected chi connectivity index (χ0v) is 20.4. The van der Waals surface area contributed by atoms with Gasteiger partial charge >= 0.3 is 8.56 Å². The number of rotatable bonds is 18. The van der Waals surface area contributed by atoms with Crippen molar-refractivity contribution >= 4 is 14.3 Å². The summed E-state index contributed by atoms with van der Waals surface area (Å²) in [7, 11) is -2.18. The van der Waals surface area contributed by atoms with Crippen LogP contribution in [0, 0.1) is 0 Å². The first-order chi connectivity index (χ1) is 13.9. The monoisotopic (exact) mass is 420 g/mol. The summed E-state index contributed by atoms with van der Waals surface area (Å²) in [4.78, 5) is 11.3. The van der Waals surface area contributed by atoms with Gasteiger partial charge in [0.15, 0.2) is 5.78 Å². The second-order valence-corrected chi connectivity index (χ2v) is 12.0. The van der Waals surface area contributed by atoms with Crippen LogP contribution >= 0.6 is 0 Å². The summed E-state index contributed by atoms with van der Waals surface area (Å²) < 4.78 is 12.1. The second-order valence-electron chi connectivity index (χ2n) is 8.67. The quantitative estimate of drug-likeness (QED) is 0.137. The van der Waals surface area contributed by atoms with Crippen LogP contribution in [-0.2, 0) is 4.43 Å². The van der Waals surface area contributed by atoms with E-state index in [9.17, 15) is 4.79 Å². The van der Waals surface area contributed by atoms with Crippen molar-refractivity contribution in [2.45, 2.75) is 110 Å². The van der Waals surface area contributed by atoms with Crippen molar-refractivity contribution in [1.29, 1.82) is 0 Å². The van der Waals surface area contributed by atoms with Crippen LogP contribution in [0.4, 0.5) is 0 Å². The lowest BCUT2D eigenvalue weighted by Gasteiger charge is -2.24. The van der Waals surface area contributed by atoms with Crippen LogP contribution in [0.5, 0.6) is 5.75 Å². The highest BCUT2D eigenvalue weighted by molar-refractivity contribution is 6.65. The summed E-state index contributed by atoms with van der Waals surface area (Å²) >= 11 is 0. The summed E-state index contributed by atoms with van der Waals surface area (Å²) in [5.41, 5.74) is 0.713. The Bertz CT molecular complexity index is 540. The van der Waals surface area contributed by atoms with Gasteiger partial charge in [-0.25, -0.2) is 0 Å². The van der Waals surface area contributed by atoms with E-state index in [0.717, 1.165) is 18.8 Å². The molecule has 0 fully saturated rings. The van der Waals surface area contributed by atoms with Crippen molar-refractivity contribution in [3.05, 3.63) is 29.8 Å². The Morgan fingerprint density at radius 2 is 1.21 bits per heavy atom. The number of carbonyl (C=O) groups is 1. The first-order valence-electron chi connectivity index (χ1n) is 11.9. The van der Waals surface area contributed by atoms with Gasteiger partial charge in [-0.3, -0.25) is 4.79 Å². The Balaban J connectivity index is 1.98. The molecule has 0 spiro atoms. The van der Waals surface area contributed by atoms with Crippen LogP contribution in [0.15, 0.2) is 24.3 Å². The minimum absolute atomic E-state index is 0.0757. The SMILES string of the molecule is CCCCCCCCCCCCCCCO[Si](C)(C)Oc1ccc(C(C)=O)cc1.